The number of rotatable bonds is 5. The number of carbonyl (C=O) groups is 1. The van der Waals surface area contributed by atoms with E-state index < -0.39 is 22.6 Å². The van der Waals surface area contributed by atoms with Crippen molar-refractivity contribution in [2.45, 2.75) is 11.4 Å². The fraction of sp³-hybridized carbons (Fsp3) is 0.182. The summed E-state index contributed by atoms with van der Waals surface area (Å²) in [5.41, 5.74) is -0.170. The summed E-state index contributed by atoms with van der Waals surface area (Å²) in [7, 11) is -1.37. The first-order chi connectivity index (χ1) is 9.06. The molecule has 0 amide bonds. The molecule has 1 aromatic carbocycles. The fourth-order valence-corrected chi connectivity index (χ4v) is 2.47. The standard InChI is InChI=1S/C11H10FN3O3S/c12-8-2-1-3-9(6-8)19(18)5-4-15-7-10(11(16)17)13-14-15/h1-3,6-7H,4-5H2,(H,16,17). The minimum Gasteiger partial charge on any atom is -0.476 e. The van der Waals surface area contributed by atoms with Gasteiger partial charge in [0.05, 0.1) is 23.5 Å². The molecule has 1 aromatic heterocycles. The van der Waals surface area contributed by atoms with E-state index in [1.165, 1.54) is 29.1 Å². The highest BCUT2D eigenvalue weighted by molar-refractivity contribution is 7.85. The van der Waals surface area contributed by atoms with Crippen LogP contribution in [0, 0.1) is 5.82 Å². The molecule has 0 bridgehead atoms. The average molecular weight is 283 g/mol. The third kappa shape index (κ3) is 3.44. The maximum absolute atomic E-state index is 13.0. The second-order valence-corrected chi connectivity index (χ2v) is 5.25. The van der Waals surface area contributed by atoms with Gasteiger partial charge in [0, 0.05) is 10.6 Å². The summed E-state index contributed by atoms with van der Waals surface area (Å²) in [6.07, 6.45) is 1.26. The van der Waals surface area contributed by atoms with Gasteiger partial charge in [0.15, 0.2) is 5.69 Å². The molecule has 19 heavy (non-hydrogen) atoms. The Morgan fingerprint density at radius 2 is 2.26 bits per heavy atom. The van der Waals surface area contributed by atoms with Gasteiger partial charge in [0.2, 0.25) is 0 Å². The SMILES string of the molecule is O=C(O)c1cn(CCS(=O)c2cccc(F)c2)nn1. The summed E-state index contributed by atoms with van der Waals surface area (Å²) in [6.45, 7) is 0.239. The summed E-state index contributed by atoms with van der Waals surface area (Å²) in [6, 6.07) is 5.54. The molecule has 1 unspecified atom stereocenters. The first-order valence-corrected chi connectivity index (χ1v) is 6.65. The number of carboxylic acids is 1. The molecule has 0 radical (unpaired) electrons. The van der Waals surface area contributed by atoms with Gasteiger partial charge in [-0.3, -0.25) is 8.89 Å². The van der Waals surface area contributed by atoms with Crippen molar-refractivity contribution in [3.8, 4) is 0 Å². The van der Waals surface area contributed by atoms with Crippen molar-refractivity contribution in [3.63, 3.8) is 0 Å². The summed E-state index contributed by atoms with van der Waals surface area (Å²) in [5.74, 6) is -1.41. The van der Waals surface area contributed by atoms with Gasteiger partial charge in [-0.15, -0.1) is 5.10 Å². The summed E-state index contributed by atoms with van der Waals surface area (Å²) in [5, 5.41) is 15.7. The van der Waals surface area contributed by atoms with E-state index in [1.807, 2.05) is 0 Å². The van der Waals surface area contributed by atoms with Crippen LogP contribution in [-0.4, -0.2) is 36.0 Å². The number of aromatic nitrogens is 3. The molecular weight excluding hydrogens is 273 g/mol. The van der Waals surface area contributed by atoms with Crippen molar-refractivity contribution in [1.82, 2.24) is 15.0 Å². The summed E-state index contributed by atoms with van der Waals surface area (Å²) in [4.78, 5) is 11.0. The lowest BCUT2D eigenvalue weighted by molar-refractivity contribution is 0.0690. The zero-order valence-corrected chi connectivity index (χ0v) is 10.5. The number of carboxylic acid groups (broad SMARTS) is 1. The molecule has 1 atom stereocenters. The van der Waals surface area contributed by atoms with Crippen LogP contribution in [0.2, 0.25) is 0 Å². The number of hydrogen-bond donors (Lipinski definition) is 1. The van der Waals surface area contributed by atoms with Crippen LogP contribution in [0.5, 0.6) is 0 Å². The Hall–Kier alpha value is -2.09. The van der Waals surface area contributed by atoms with Gasteiger partial charge in [-0.25, -0.2) is 9.18 Å². The Labute approximate surface area is 110 Å². The van der Waals surface area contributed by atoms with Crippen molar-refractivity contribution in [3.05, 3.63) is 42.0 Å². The van der Waals surface area contributed by atoms with E-state index in [0.717, 1.165) is 0 Å². The minimum atomic E-state index is -1.37. The third-order valence-corrected chi connectivity index (χ3v) is 3.66. The molecule has 0 saturated carbocycles. The van der Waals surface area contributed by atoms with Gasteiger partial charge in [-0.05, 0) is 18.2 Å². The van der Waals surface area contributed by atoms with E-state index in [4.69, 9.17) is 5.11 Å². The molecule has 0 aliphatic carbocycles. The summed E-state index contributed by atoms with van der Waals surface area (Å²) < 4.78 is 26.1. The molecule has 8 heteroatoms. The molecule has 1 N–H and O–H groups in total. The van der Waals surface area contributed by atoms with Crippen molar-refractivity contribution in [1.29, 1.82) is 0 Å². The number of benzene rings is 1. The van der Waals surface area contributed by atoms with E-state index in [1.54, 1.807) is 6.07 Å². The molecule has 2 rings (SSSR count). The first-order valence-electron chi connectivity index (χ1n) is 5.33. The average Bonchev–Trinajstić information content (AvgIpc) is 2.85. The van der Waals surface area contributed by atoms with Crippen molar-refractivity contribution >= 4 is 16.8 Å². The van der Waals surface area contributed by atoms with Crippen LogP contribution < -0.4 is 0 Å². The molecule has 0 aliphatic heterocycles. The lowest BCUT2D eigenvalue weighted by Crippen LogP contribution is -2.08. The van der Waals surface area contributed by atoms with Crippen LogP contribution in [0.15, 0.2) is 35.4 Å². The van der Waals surface area contributed by atoms with Gasteiger partial charge in [0.25, 0.3) is 0 Å². The van der Waals surface area contributed by atoms with Crippen LogP contribution in [-0.2, 0) is 17.3 Å². The number of aromatic carboxylic acids is 1. The quantitative estimate of drug-likeness (QED) is 0.882. The predicted octanol–water partition coefficient (Wildman–Crippen LogP) is 0.923. The van der Waals surface area contributed by atoms with Gasteiger partial charge >= 0.3 is 5.97 Å². The Morgan fingerprint density at radius 1 is 1.47 bits per heavy atom. The summed E-state index contributed by atoms with van der Waals surface area (Å²) >= 11 is 0. The van der Waals surface area contributed by atoms with Crippen LogP contribution in [0.25, 0.3) is 0 Å². The Morgan fingerprint density at radius 3 is 2.89 bits per heavy atom. The number of aryl methyl sites for hydroxylation is 1. The minimum absolute atomic E-state index is 0.170. The van der Waals surface area contributed by atoms with Crippen molar-refractivity contribution < 1.29 is 18.5 Å². The maximum Gasteiger partial charge on any atom is 0.358 e. The molecular formula is C11H10FN3O3S. The largest absolute Gasteiger partial charge is 0.476 e. The Bertz CT molecular complexity index is 629. The molecule has 6 nitrogen and oxygen atoms in total. The second-order valence-electron chi connectivity index (χ2n) is 3.68. The van der Waals surface area contributed by atoms with Crippen LogP contribution in [0.3, 0.4) is 0 Å². The van der Waals surface area contributed by atoms with Gasteiger partial charge in [0.1, 0.15) is 5.82 Å². The van der Waals surface area contributed by atoms with Crippen LogP contribution in [0.1, 0.15) is 10.5 Å². The molecule has 0 aliphatic rings. The lowest BCUT2D eigenvalue weighted by atomic mass is 10.4. The van der Waals surface area contributed by atoms with Crippen LogP contribution in [0.4, 0.5) is 4.39 Å². The van der Waals surface area contributed by atoms with Gasteiger partial charge in [-0.1, -0.05) is 11.3 Å². The zero-order valence-electron chi connectivity index (χ0n) is 9.69. The molecule has 0 fully saturated rings. The number of nitrogens with zero attached hydrogens (tertiary/aromatic N) is 3. The zero-order chi connectivity index (χ0) is 13.8. The van der Waals surface area contributed by atoms with Gasteiger partial charge < -0.3 is 5.11 Å². The highest BCUT2D eigenvalue weighted by Gasteiger charge is 2.10. The first kappa shape index (κ1) is 13.3. The van der Waals surface area contributed by atoms with E-state index in [-0.39, 0.29) is 18.0 Å². The maximum atomic E-state index is 13.0. The van der Waals surface area contributed by atoms with E-state index >= 15 is 0 Å². The normalized spacial score (nSPS) is 12.3. The van der Waals surface area contributed by atoms with Crippen LogP contribution >= 0.6 is 0 Å². The molecule has 0 saturated heterocycles. The Kier molecular flexibility index (Phi) is 4.00. The second kappa shape index (κ2) is 5.70. The number of hydrogen-bond acceptors (Lipinski definition) is 4. The Balaban J connectivity index is 1.98. The highest BCUT2D eigenvalue weighted by atomic mass is 32.2. The molecule has 100 valence electrons. The lowest BCUT2D eigenvalue weighted by Gasteiger charge is -2.02. The fourth-order valence-electron chi connectivity index (χ4n) is 1.41. The number of halogens is 1. The third-order valence-electron chi connectivity index (χ3n) is 2.32. The topological polar surface area (TPSA) is 85.1 Å². The highest BCUT2D eigenvalue weighted by Crippen LogP contribution is 2.09. The van der Waals surface area contributed by atoms with Crippen molar-refractivity contribution in [2.75, 3.05) is 5.75 Å². The van der Waals surface area contributed by atoms with E-state index in [0.29, 0.717) is 4.90 Å². The molecule has 0 spiro atoms. The predicted molar refractivity (Wildman–Crippen MR) is 64.7 cm³/mol. The van der Waals surface area contributed by atoms with E-state index in [9.17, 15) is 13.4 Å². The monoisotopic (exact) mass is 283 g/mol. The van der Waals surface area contributed by atoms with Gasteiger partial charge in [-0.2, -0.15) is 0 Å². The molecule has 1 heterocycles. The van der Waals surface area contributed by atoms with Crippen molar-refractivity contribution in [2.24, 2.45) is 0 Å². The molecule has 2 aromatic rings. The van der Waals surface area contributed by atoms with E-state index in [2.05, 4.69) is 10.3 Å². The smallest absolute Gasteiger partial charge is 0.358 e.